The molecule has 0 bridgehead atoms. The summed E-state index contributed by atoms with van der Waals surface area (Å²) in [5, 5.41) is 9.66. The van der Waals surface area contributed by atoms with Crippen LogP contribution in [-0.2, 0) is 22.5 Å². The third kappa shape index (κ3) is 5.46. The van der Waals surface area contributed by atoms with Gasteiger partial charge in [-0.3, -0.25) is 14.6 Å². The second-order valence-electron chi connectivity index (χ2n) is 6.05. The lowest BCUT2D eigenvalue weighted by Crippen LogP contribution is -2.47. The topological polar surface area (TPSA) is 53.0 Å². The largest absolute Gasteiger partial charge is 0.480 e. The standard InChI is InChI=1S/C17H25ClN2O3/c1-3-13-5-4-6-16(18)15(13)11-20-7-8-23-14(10-20)9-19(2)12-17(21)22/h4-6,14H,3,7-12H2,1-2H3,(H,21,22). The maximum atomic E-state index is 10.8. The van der Waals surface area contributed by atoms with Gasteiger partial charge < -0.3 is 9.84 Å². The van der Waals surface area contributed by atoms with Crippen molar-refractivity contribution >= 4 is 17.6 Å². The van der Waals surface area contributed by atoms with Gasteiger partial charge in [0.15, 0.2) is 0 Å². The summed E-state index contributed by atoms with van der Waals surface area (Å²) in [5.41, 5.74) is 2.47. The number of carboxylic acid groups (broad SMARTS) is 1. The Kier molecular flexibility index (Phi) is 6.84. The summed E-state index contributed by atoms with van der Waals surface area (Å²) in [6, 6.07) is 6.06. The lowest BCUT2D eigenvalue weighted by Gasteiger charge is -2.35. The summed E-state index contributed by atoms with van der Waals surface area (Å²) in [4.78, 5) is 14.9. The Labute approximate surface area is 142 Å². The van der Waals surface area contributed by atoms with E-state index in [1.54, 1.807) is 11.9 Å². The van der Waals surface area contributed by atoms with Gasteiger partial charge >= 0.3 is 5.97 Å². The molecule has 1 aliphatic rings. The molecule has 23 heavy (non-hydrogen) atoms. The van der Waals surface area contributed by atoms with Gasteiger partial charge in [-0.2, -0.15) is 0 Å². The Hall–Kier alpha value is -1.14. The molecule has 1 saturated heterocycles. The molecule has 6 heteroatoms. The molecular formula is C17H25ClN2O3. The SMILES string of the molecule is CCc1cccc(Cl)c1CN1CCOC(CN(C)CC(=O)O)C1. The number of benzene rings is 1. The Morgan fingerprint density at radius 3 is 3.00 bits per heavy atom. The number of halogens is 1. The van der Waals surface area contributed by atoms with E-state index in [0.717, 1.165) is 31.1 Å². The van der Waals surface area contributed by atoms with E-state index < -0.39 is 5.97 Å². The zero-order valence-electron chi connectivity index (χ0n) is 13.8. The normalized spacial score (nSPS) is 19.2. The predicted octanol–water partition coefficient (Wildman–Crippen LogP) is 2.12. The van der Waals surface area contributed by atoms with Gasteiger partial charge in [-0.05, 0) is 30.7 Å². The molecule has 0 spiro atoms. The number of carbonyl (C=O) groups is 1. The number of ether oxygens (including phenoxy) is 1. The van der Waals surface area contributed by atoms with Gasteiger partial charge in [-0.25, -0.2) is 0 Å². The number of likely N-dealkylation sites (N-methyl/N-ethyl adjacent to an activating group) is 1. The molecule has 1 heterocycles. The minimum atomic E-state index is -0.816. The molecule has 5 nitrogen and oxygen atoms in total. The lowest BCUT2D eigenvalue weighted by atomic mass is 10.0. The van der Waals surface area contributed by atoms with E-state index in [1.807, 2.05) is 12.1 Å². The number of rotatable bonds is 7. The van der Waals surface area contributed by atoms with Crippen LogP contribution < -0.4 is 0 Å². The zero-order valence-corrected chi connectivity index (χ0v) is 14.6. The van der Waals surface area contributed by atoms with Crippen molar-refractivity contribution in [3.63, 3.8) is 0 Å². The molecule has 1 aromatic rings. The first-order valence-electron chi connectivity index (χ1n) is 8.00. The highest BCUT2D eigenvalue weighted by molar-refractivity contribution is 6.31. The average molecular weight is 341 g/mol. The van der Waals surface area contributed by atoms with E-state index in [2.05, 4.69) is 17.9 Å². The fourth-order valence-corrected chi connectivity index (χ4v) is 3.27. The first-order valence-corrected chi connectivity index (χ1v) is 8.38. The average Bonchev–Trinajstić information content (AvgIpc) is 2.48. The van der Waals surface area contributed by atoms with Crippen LogP contribution in [0, 0.1) is 0 Å². The quantitative estimate of drug-likeness (QED) is 0.824. The van der Waals surface area contributed by atoms with Crippen LogP contribution in [0.5, 0.6) is 0 Å². The number of aliphatic carboxylic acids is 1. The molecule has 0 saturated carbocycles. The molecule has 1 N–H and O–H groups in total. The molecule has 0 aromatic heterocycles. The van der Waals surface area contributed by atoms with E-state index in [1.165, 1.54) is 11.1 Å². The molecule has 2 rings (SSSR count). The monoisotopic (exact) mass is 340 g/mol. The fraction of sp³-hybridized carbons (Fsp3) is 0.588. The molecule has 0 amide bonds. The number of nitrogens with zero attached hydrogens (tertiary/aromatic N) is 2. The van der Waals surface area contributed by atoms with Gasteiger partial charge in [0, 0.05) is 31.2 Å². The van der Waals surface area contributed by atoms with Gasteiger partial charge in [-0.15, -0.1) is 0 Å². The third-order valence-corrected chi connectivity index (χ3v) is 4.48. The Morgan fingerprint density at radius 1 is 1.52 bits per heavy atom. The van der Waals surface area contributed by atoms with Gasteiger partial charge in [-0.1, -0.05) is 30.7 Å². The predicted molar refractivity (Wildman–Crippen MR) is 91.0 cm³/mol. The van der Waals surface area contributed by atoms with Gasteiger partial charge in [0.25, 0.3) is 0 Å². The van der Waals surface area contributed by atoms with Gasteiger partial charge in [0.1, 0.15) is 0 Å². The highest BCUT2D eigenvalue weighted by Gasteiger charge is 2.23. The smallest absolute Gasteiger partial charge is 0.317 e. The van der Waals surface area contributed by atoms with E-state index >= 15 is 0 Å². The van der Waals surface area contributed by atoms with Gasteiger partial charge in [0.2, 0.25) is 0 Å². The van der Waals surface area contributed by atoms with Crippen LogP contribution in [0.1, 0.15) is 18.1 Å². The summed E-state index contributed by atoms with van der Waals surface area (Å²) < 4.78 is 5.78. The second-order valence-corrected chi connectivity index (χ2v) is 6.46. The van der Waals surface area contributed by atoms with Crippen LogP contribution in [-0.4, -0.2) is 66.8 Å². The van der Waals surface area contributed by atoms with Crippen molar-refractivity contribution in [1.82, 2.24) is 9.80 Å². The molecule has 1 aromatic carbocycles. The summed E-state index contributed by atoms with van der Waals surface area (Å²) >= 11 is 6.37. The zero-order chi connectivity index (χ0) is 16.8. The van der Waals surface area contributed by atoms with E-state index in [0.29, 0.717) is 13.2 Å². The Bertz CT molecular complexity index is 539. The number of hydrogen-bond acceptors (Lipinski definition) is 4. The highest BCUT2D eigenvalue weighted by Crippen LogP contribution is 2.23. The molecule has 1 unspecified atom stereocenters. The van der Waals surface area contributed by atoms with Crippen LogP contribution >= 0.6 is 11.6 Å². The molecule has 0 radical (unpaired) electrons. The van der Waals surface area contributed by atoms with Crippen molar-refractivity contribution < 1.29 is 14.6 Å². The Balaban J connectivity index is 1.95. The fourth-order valence-electron chi connectivity index (χ4n) is 3.01. The maximum Gasteiger partial charge on any atom is 0.317 e. The minimum Gasteiger partial charge on any atom is -0.480 e. The molecule has 0 aliphatic carbocycles. The summed E-state index contributed by atoms with van der Waals surface area (Å²) in [7, 11) is 1.81. The molecule has 128 valence electrons. The lowest BCUT2D eigenvalue weighted by molar-refractivity contribution is -0.138. The van der Waals surface area contributed by atoms with Crippen molar-refractivity contribution in [3.05, 3.63) is 34.3 Å². The summed E-state index contributed by atoms with van der Waals surface area (Å²) in [6.07, 6.45) is 0.992. The number of morpholine rings is 1. The molecule has 1 aliphatic heterocycles. The van der Waals surface area contributed by atoms with Crippen LogP contribution in [0.4, 0.5) is 0 Å². The number of hydrogen-bond donors (Lipinski definition) is 1. The Morgan fingerprint density at radius 2 is 2.30 bits per heavy atom. The second kappa shape index (κ2) is 8.64. The highest BCUT2D eigenvalue weighted by atomic mass is 35.5. The van der Waals surface area contributed by atoms with Crippen LogP contribution in [0.25, 0.3) is 0 Å². The molecule has 1 atom stereocenters. The van der Waals surface area contributed by atoms with Crippen molar-refractivity contribution in [2.75, 3.05) is 39.8 Å². The number of aryl methyl sites for hydroxylation is 1. The van der Waals surface area contributed by atoms with E-state index in [9.17, 15) is 4.79 Å². The molecular weight excluding hydrogens is 316 g/mol. The van der Waals surface area contributed by atoms with E-state index in [4.69, 9.17) is 21.4 Å². The van der Waals surface area contributed by atoms with Crippen LogP contribution in [0.15, 0.2) is 18.2 Å². The van der Waals surface area contributed by atoms with Crippen molar-refractivity contribution in [2.24, 2.45) is 0 Å². The van der Waals surface area contributed by atoms with Crippen LogP contribution in [0.3, 0.4) is 0 Å². The first kappa shape index (κ1) is 18.2. The van der Waals surface area contributed by atoms with Gasteiger partial charge in [0.05, 0.1) is 19.3 Å². The van der Waals surface area contributed by atoms with Crippen LogP contribution in [0.2, 0.25) is 5.02 Å². The summed E-state index contributed by atoms with van der Waals surface area (Å²) in [6.45, 7) is 5.92. The van der Waals surface area contributed by atoms with Crippen molar-refractivity contribution in [3.8, 4) is 0 Å². The minimum absolute atomic E-state index is 0.0284. The van der Waals surface area contributed by atoms with E-state index in [-0.39, 0.29) is 12.6 Å². The summed E-state index contributed by atoms with van der Waals surface area (Å²) in [5.74, 6) is -0.816. The maximum absolute atomic E-state index is 10.8. The van der Waals surface area contributed by atoms with Crippen molar-refractivity contribution in [1.29, 1.82) is 0 Å². The first-order chi connectivity index (χ1) is 11.0. The molecule has 1 fully saturated rings. The third-order valence-electron chi connectivity index (χ3n) is 4.12. The van der Waals surface area contributed by atoms with Crippen molar-refractivity contribution in [2.45, 2.75) is 26.0 Å². The number of carboxylic acids is 1.